The van der Waals surface area contributed by atoms with E-state index >= 15 is 0 Å². The fraction of sp³-hybridized carbons (Fsp3) is 1.00. The van der Waals surface area contributed by atoms with E-state index in [-0.39, 0.29) is 17.3 Å². The van der Waals surface area contributed by atoms with Crippen LogP contribution in [0, 0.1) is 0 Å². The summed E-state index contributed by atoms with van der Waals surface area (Å²) in [6.07, 6.45) is 3.69. The highest BCUT2D eigenvalue weighted by atomic mass is 32.2. The van der Waals surface area contributed by atoms with Gasteiger partial charge in [0.1, 0.15) is 0 Å². The molecule has 0 aromatic rings. The fourth-order valence-corrected chi connectivity index (χ4v) is 3.83. The van der Waals surface area contributed by atoms with Crippen molar-refractivity contribution in [2.75, 3.05) is 6.54 Å². The number of rotatable bonds is 4. The average molecular weight is 248 g/mol. The van der Waals surface area contributed by atoms with E-state index in [4.69, 9.17) is 5.73 Å². The molecule has 2 N–H and O–H groups in total. The van der Waals surface area contributed by atoms with Gasteiger partial charge >= 0.3 is 0 Å². The van der Waals surface area contributed by atoms with Crippen molar-refractivity contribution in [3.63, 3.8) is 0 Å². The van der Waals surface area contributed by atoms with Gasteiger partial charge in [-0.05, 0) is 39.5 Å². The smallest absolute Gasteiger partial charge is 0.216 e. The van der Waals surface area contributed by atoms with Gasteiger partial charge in [-0.15, -0.1) is 0 Å². The molecule has 96 valence electrons. The molecule has 0 saturated heterocycles. The monoisotopic (exact) mass is 248 g/mol. The normalized spacial score (nSPS) is 27.6. The minimum atomic E-state index is -3.11. The molecule has 0 unspecified atom stereocenters. The highest BCUT2D eigenvalue weighted by Gasteiger charge is 2.32. The zero-order valence-corrected chi connectivity index (χ0v) is 11.3. The van der Waals surface area contributed by atoms with Gasteiger partial charge in [-0.3, -0.25) is 0 Å². The van der Waals surface area contributed by atoms with Crippen LogP contribution in [0.25, 0.3) is 0 Å². The van der Waals surface area contributed by atoms with Gasteiger partial charge in [-0.1, -0.05) is 6.92 Å². The molecule has 1 aliphatic carbocycles. The predicted molar refractivity (Wildman–Crippen MR) is 66.7 cm³/mol. The molecule has 1 fully saturated rings. The van der Waals surface area contributed by atoms with Gasteiger partial charge < -0.3 is 5.73 Å². The maximum Gasteiger partial charge on any atom is 0.216 e. The van der Waals surface area contributed by atoms with Crippen LogP contribution in [0.15, 0.2) is 0 Å². The van der Waals surface area contributed by atoms with Gasteiger partial charge in [0, 0.05) is 18.6 Å². The quantitative estimate of drug-likeness (QED) is 0.816. The first-order chi connectivity index (χ1) is 7.39. The first-order valence-corrected chi connectivity index (χ1v) is 7.66. The molecule has 5 heteroatoms. The Labute approximate surface area is 99.2 Å². The van der Waals surface area contributed by atoms with E-state index in [9.17, 15) is 8.42 Å². The Morgan fingerprint density at radius 3 is 2.12 bits per heavy atom. The number of sulfonamides is 1. The summed E-state index contributed by atoms with van der Waals surface area (Å²) in [7, 11) is -3.11. The van der Waals surface area contributed by atoms with Crippen LogP contribution in [0.5, 0.6) is 0 Å². The summed E-state index contributed by atoms with van der Waals surface area (Å²) in [5, 5.41) is -0.331. The van der Waals surface area contributed by atoms with Crippen LogP contribution < -0.4 is 5.73 Å². The lowest BCUT2D eigenvalue weighted by Crippen LogP contribution is -2.46. The SMILES string of the molecule is CCN(C1CCC(N)CC1)S(=O)(=O)C(C)C. The second kappa shape index (κ2) is 5.47. The van der Waals surface area contributed by atoms with Crippen molar-refractivity contribution in [2.45, 2.75) is 63.8 Å². The molecule has 0 atom stereocenters. The minimum absolute atomic E-state index is 0.164. The number of nitrogens with zero attached hydrogens (tertiary/aromatic N) is 1. The third-order valence-corrected chi connectivity index (χ3v) is 5.78. The van der Waals surface area contributed by atoms with E-state index < -0.39 is 10.0 Å². The molecule has 1 aliphatic rings. The topological polar surface area (TPSA) is 63.4 Å². The van der Waals surface area contributed by atoms with Crippen LogP contribution in [-0.2, 0) is 10.0 Å². The van der Waals surface area contributed by atoms with E-state index in [2.05, 4.69) is 0 Å². The van der Waals surface area contributed by atoms with Gasteiger partial charge in [-0.2, -0.15) is 4.31 Å². The van der Waals surface area contributed by atoms with E-state index in [0.29, 0.717) is 6.54 Å². The summed E-state index contributed by atoms with van der Waals surface area (Å²) < 4.78 is 25.9. The van der Waals surface area contributed by atoms with Crippen molar-refractivity contribution in [3.05, 3.63) is 0 Å². The summed E-state index contributed by atoms with van der Waals surface area (Å²) in [6, 6.07) is 0.425. The number of hydrogen-bond donors (Lipinski definition) is 1. The van der Waals surface area contributed by atoms with Crippen molar-refractivity contribution >= 4 is 10.0 Å². The molecule has 0 aromatic carbocycles. The summed E-state index contributed by atoms with van der Waals surface area (Å²) in [4.78, 5) is 0. The number of hydrogen-bond acceptors (Lipinski definition) is 3. The van der Waals surface area contributed by atoms with E-state index in [1.807, 2.05) is 6.92 Å². The highest BCUT2D eigenvalue weighted by molar-refractivity contribution is 7.89. The average Bonchev–Trinajstić information content (AvgIpc) is 2.21. The molecule has 1 saturated carbocycles. The lowest BCUT2D eigenvalue weighted by atomic mass is 9.92. The molecule has 0 heterocycles. The molecule has 4 nitrogen and oxygen atoms in total. The van der Waals surface area contributed by atoms with Crippen LogP contribution in [-0.4, -0.2) is 36.6 Å². The summed E-state index contributed by atoms with van der Waals surface area (Å²) >= 11 is 0. The Hall–Kier alpha value is -0.130. The van der Waals surface area contributed by atoms with Crippen LogP contribution in [0.4, 0.5) is 0 Å². The molecule has 16 heavy (non-hydrogen) atoms. The maximum atomic E-state index is 12.1. The third-order valence-electron chi connectivity index (χ3n) is 3.38. The Kier molecular flexibility index (Phi) is 4.76. The predicted octanol–water partition coefficient (Wildman–Crippen LogP) is 1.32. The molecule has 0 aromatic heterocycles. The summed E-state index contributed by atoms with van der Waals surface area (Å²) in [5.41, 5.74) is 5.84. The Morgan fingerprint density at radius 2 is 1.75 bits per heavy atom. The van der Waals surface area contributed by atoms with Gasteiger partial charge in [0.15, 0.2) is 0 Å². The second-order valence-electron chi connectivity index (χ2n) is 4.87. The molecule has 0 radical (unpaired) electrons. The van der Waals surface area contributed by atoms with Crippen LogP contribution in [0.3, 0.4) is 0 Å². The first kappa shape index (κ1) is 13.9. The molecular formula is C11H24N2O2S. The van der Waals surface area contributed by atoms with E-state index in [1.54, 1.807) is 18.2 Å². The van der Waals surface area contributed by atoms with Crippen LogP contribution >= 0.6 is 0 Å². The molecular weight excluding hydrogens is 224 g/mol. The first-order valence-electron chi connectivity index (χ1n) is 6.15. The lowest BCUT2D eigenvalue weighted by Gasteiger charge is -2.35. The lowest BCUT2D eigenvalue weighted by molar-refractivity contribution is 0.246. The summed E-state index contributed by atoms with van der Waals surface area (Å²) in [6.45, 7) is 5.97. The van der Waals surface area contributed by atoms with Gasteiger partial charge in [0.25, 0.3) is 0 Å². The molecule has 0 aliphatic heterocycles. The van der Waals surface area contributed by atoms with Crippen LogP contribution in [0.1, 0.15) is 46.5 Å². The summed E-state index contributed by atoms with van der Waals surface area (Å²) in [5.74, 6) is 0. The van der Waals surface area contributed by atoms with E-state index in [1.165, 1.54) is 0 Å². The van der Waals surface area contributed by atoms with Gasteiger partial charge in [-0.25, -0.2) is 8.42 Å². The van der Waals surface area contributed by atoms with Gasteiger partial charge in [0.2, 0.25) is 10.0 Å². The maximum absolute atomic E-state index is 12.1. The van der Waals surface area contributed by atoms with Crippen LogP contribution in [0.2, 0.25) is 0 Å². The Balaban J connectivity index is 2.75. The number of nitrogens with two attached hydrogens (primary N) is 1. The highest BCUT2D eigenvalue weighted by Crippen LogP contribution is 2.25. The zero-order valence-electron chi connectivity index (χ0n) is 10.5. The minimum Gasteiger partial charge on any atom is -0.328 e. The zero-order chi connectivity index (χ0) is 12.3. The third kappa shape index (κ3) is 2.96. The molecule has 0 amide bonds. The van der Waals surface area contributed by atoms with Crippen molar-refractivity contribution in [1.82, 2.24) is 4.31 Å². The standard InChI is InChI=1S/C11H24N2O2S/c1-4-13(16(14,15)9(2)3)11-7-5-10(12)6-8-11/h9-11H,4-8,12H2,1-3H3. The van der Waals surface area contributed by atoms with Crippen molar-refractivity contribution in [2.24, 2.45) is 5.73 Å². The van der Waals surface area contributed by atoms with E-state index in [0.717, 1.165) is 25.7 Å². The van der Waals surface area contributed by atoms with Crippen molar-refractivity contribution < 1.29 is 8.42 Å². The second-order valence-corrected chi connectivity index (χ2v) is 7.31. The molecule has 1 rings (SSSR count). The van der Waals surface area contributed by atoms with Crippen molar-refractivity contribution in [3.8, 4) is 0 Å². The molecule has 0 bridgehead atoms. The Bertz CT molecular complexity index is 306. The largest absolute Gasteiger partial charge is 0.328 e. The van der Waals surface area contributed by atoms with Crippen molar-refractivity contribution in [1.29, 1.82) is 0 Å². The fourth-order valence-electron chi connectivity index (χ4n) is 2.31. The Morgan fingerprint density at radius 1 is 1.25 bits per heavy atom. The molecule has 0 spiro atoms. The van der Waals surface area contributed by atoms with Gasteiger partial charge in [0.05, 0.1) is 5.25 Å².